The molecule has 0 aromatic carbocycles. The molecule has 1 atom stereocenters. The molecule has 5 heteroatoms. The Morgan fingerprint density at radius 2 is 2.14 bits per heavy atom. The highest BCUT2D eigenvalue weighted by molar-refractivity contribution is 8.00. The maximum Gasteiger partial charge on any atom is 0.193 e. The second kappa shape index (κ2) is 8.89. The van der Waals surface area contributed by atoms with E-state index in [4.69, 9.17) is 4.74 Å². The number of nitrogens with one attached hydrogen (secondary N) is 1. The molecule has 0 spiro atoms. The van der Waals surface area contributed by atoms with Crippen LogP contribution in [0.4, 0.5) is 0 Å². The van der Waals surface area contributed by atoms with Crippen LogP contribution in [0.5, 0.6) is 0 Å². The standard InChI is InChI=1S/C16H33N3OS/c1-7-20-14(13(2)3)8-9-18-15(17-6)19-10-11-21-16(4,5)12-19/h13-14H,7-12H2,1-6H3,(H,17,18). The molecule has 0 aromatic rings. The summed E-state index contributed by atoms with van der Waals surface area (Å²) >= 11 is 2.05. The first-order valence-electron chi connectivity index (χ1n) is 8.10. The van der Waals surface area contributed by atoms with Crippen molar-refractivity contribution in [1.82, 2.24) is 10.2 Å². The Hall–Kier alpha value is -0.420. The third-order valence-electron chi connectivity index (χ3n) is 3.77. The number of hydrogen-bond donors (Lipinski definition) is 1. The van der Waals surface area contributed by atoms with Crippen LogP contribution in [0.3, 0.4) is 0 Å². The second-order valence-electron chi connectivity index (χ2n) is 6.53. The highest BCUT2D eigenvalue weighted by Gasteiger charge is 2.28. The van der Waals surface area contributed by atoms with Crippen molar-refractivity contribution < 1.29 is 4.74 Å². The minimum atomic E-state index is 0.307. The van der Waals surface area contributed by atoms with Gasteiger partial charge >= 0.3 is 0 Å². The quantitative estimate of drug-likeness (QED) is 0.604. The van der Waals surface area contributed by atoms with E-state index in [0.29, 0.717) is 16.8 Å². The highest BCUT2D eigenvalue weighted by Crippen LogP contribution is 2.29. The van der Waals surface area contributed by atoms with Gasteiger partial charge in [-0.2, -0.15) is 11.8 Å². The first-order chi connectivity index (χ1) is 9.89. The van der Waals surface area contributed by atoms with E-state index in [0.717, 1.165) is 38.6 Å². The maximum absolute atomic E-state index is 5.80. The van der Waals surface area contributed by atoms with Crippen molar-refractivity contribution in [1.29, 1.82) is 0 Å². The third kappa shape index (κ3) is 6.47. The molecule has 0 amide bonds. The lowest BCUT2D eigenvalue weighted by Crippen LogP contribution is -2.51. The van der Waals surface area contributed by atoms with E-state index in [1.54, 1.807) is 0 Å². The summed E-state index contributed by atoms with van der Waals surface area (Å²) in [6.45, 7) is 15.0. The minimum Gasteiger partial charge on any atom is -0.378 e. The number of nitrogens with zero attached hydrogens (tertiary/aromatic N) is 2. The van der Waals surface area contributed by atoms with Crippen LogP contribution in [0.25, 0.3) is 0 Å². The fraction of sp³-hybridized carbons (Fsp3) is 0.938. The smallest absolute Gasteiger partial charge is 0.193 e. The lowest BCUT2D eigenvalue weighted by atomic mass is 10.0. The summed E-state index contributed by atoms with van der Waals surface area (Å²) in [5, 5.41) is 3.51. The van der Waals surface area contributed by atoms with Gasteiger partial charge in [-0.25, -0.2) is 0 Å². The predicted molar refractivity (Wildman–Crippen MR) is 94.3 cm³/mol. The van der Waals surface area contributed by atoms with E-state index in [9.17, 15) is 0 Å². The number of ether oxygens (including phenoxy) is 1. The summed E-state index contributed by atoms with van der Waals surface area (Å²) in [5.41, 5.74) is 0. The van der Waals surface area contributed by atoms with E-state index >= 15 is 0 Å². The Morgan fingerprint density at radius 1 is 1.43 bits per heavy atom. The Kier molecular flexibility index (Phi) is 7.88. The number of rotatable bonds is 6. The van der Waals surface area contributed by atoms with Gasteiger partial charge in [0, 0.05) is 43.8 Å². The van der Waals surface area contributed by atoms with Gasteiger partial charge in [0.25, 0.3) is 0 Å². The van der Waals surface area contributed by atoms with E-state index in [-0.39, 0.29) is 0 Å². The van der Waals surface area contributed by atoms with Crippen molar-refractivity contribution in [2.24, 2.45) is 10.9 Å². The molecule has 1 rings (SSSR count). The monoisotopic (exact) mass is 315 g/mol. The van der Waals surface area contributed by atoms with Crippen LogP contribution in [0.1, 0.15) is 41.0 Å². The molecule has 1 fully saturated rings. The molecular weight excluding hydrogens is 282 g/mol. The van der Waals surface area contributed by atoms with E-state index in [1.807, 2.05) is 18.8 Å². The molecular formula is C16H33N3OS. The minimum absolute atomic E-state index is 0.307. The number of thioether (sulfide) groups is 1. The van der Waals surface area contributed by atoms with Crippen molar-refractivity contribution in [3.8, 4) is 0 Å². The number of guanidine groups is 1. The first kappa shape index (κ1) is 18.6. The van der Waals surface area contributed by atoms with Gasteiger partial charge in [-0.05, 0) is 33.1 Å². The molecule has 1 N–H and O–H groups in total. The van der Waals surface area contributed by atoms with E-state index in [2.05, 4.69) is 49.8 Å². The van der Waals surface area contributed by atoms with Gasteiger partial charge in [0.05, 0.1) is 6.10 Å². The second-order valence-corrected chi connectivity index (χ2v) is 8.33. The van der Waals surface area contributed by atoms with Gasteiger partial charge < -0.3 is 15.0 Å². The Labute approximate surface area is 135 Å². The van der Waals surface area contributed by atoms with Crippen LogP contribution in [-0.2, 0) is 4.74 Å². The third-order valence-corrected chi connectivity index (χ3v) is 5.07. The molecule has 0 radical (unpaired) electrons. The number of hydrogen-bond acceptors (Lipinski definition) is 3. The molecule has 124 valence electrons. The Bertz CT molecular complexity index is 331. The summed E-state index contributed by atoms with van der Waals surface area (Å²) in [4.78, 5) is 6.82. The molecule has 4 nitrogen and oxygen atoms in total. The van der Waals surface area contributed by atoms with Crippen molar-refractivity contribution in [3.63, 3.8) is 0 Å². The zero-order chi connectivity index (χ0) is 15.9. The summed E-state index contributed by atoms with van der Waals surface area (Å²) in [6.07, 6.45) is 1.35. The molecule has 1 aliphatic rings. The highest BCUT2D eigenvalue weighted by atomic mass is 32.2. The van der Waals surface area contributed by atoms with Crippen LogP contribution >= 0.6 is 11.8 Å². The van der Waals surface area contributed by atoms with Gasteiger partial charge in [-0.1, -0.05) is 13.8 Å². The topological polar surface area (TPSA) is 36.9 Å². The zero-order valence-corrected chi connectivity index (χ0v) is 15.4. The fourth-order valence-electron chi connectivity index (χ4n) is 2.68. The van der Waals surface area contributed by atoms with Gasteiger partial charge in [0.1, 0.15) is 0 Å². The molecule has 1 unspecified atom stereocenters. The summed E-state index contributed by atoms with van der Waals surface area (Å²) in [5.74, 6) is 2.75. The average Bonchev–Trinajstić information content (AvgIpc) is 2.41. The van der Waals surface area contributed by atoms with Crippen molar-refractivity contribution in [3.05, 3.63) is 0 Å². The molecule has 0 aromatic heterocycles. The molecule has 1 heterocycles. The van der Waals surface area contributed by atoms with Crippen LogP contribution in [0.2, 0.25) is 0 Å². The molecule has 21 heavy (non-hydrogen) atoms. The van der Waals surface area contributed by atoms with Crippen LogP contribution in [0, 0.1) is 5.92 Å². The molecule has 0 bridgehead atoms. The summed E-state index contributed by atoms with van der Waals surface area (Å²) in [6, 6.07) is 0. The average molecular weight is 316 g/mol. The fourth-order valence-corrected chi connectivity index (χ4v) is 3.79. The lowest BCUT2D eigenvalue weighted by molar-refractivity contribution is 0.0257. The van der Waals surface area contributed by atoms with Crippen molar-refractivity contribution in [2.45, 2.75) is 51.9 Å². The summed E-state index contributed by atoms with van der Waals surface area (Å²) < 4.78 is 6.11. The molecule has 1 aliphatic heterocycles. The molecule has 1 saturated heterocycles. The predicted octanol–water partition coefficient (Wildman–Crippen LogP) is 2.84. The number of aliphatic imine (C=N–C) groups is 1. The van der Waals surface area contributed by atoms with E-state index in [1.165, 1.54) is 5.75 Å². The van der Waals surface area contributed by atoms with Gasteiger partial charge in [-0.3, -0.25) is 4.99 Å². The van der Waals surface area contributed by atoms with Crippen molar-refractivity contribution >= 4 is 17.7 Å². The van der Waals surface area contributed by atoms with Crippen LogP contribution < -0.4 is 5.32 Å². The molecule has 0 aliphatic carbocycles. The SMILES string of the molecule is CCOC(CCNC(=NC)N1CCSC(C)(C)C1)C(C)C. The van der Waals surface area contributed by atoms with Crippen molar-refractivity contribution in [2.75, 3.05) is 39.0 Å². The lowest BCUT2D eigenvalue weighted by Gasteiger charge is -2.39. The van der Waals surface area contributed by atoms with Gasteiger partial charge in [0.15, 0.2) is 5.96 Å². The van der Waals surface area contributed by atoms with E-state index < -0.39 is 0 Å². The van der Waals surface area contributed by atoms with Crippen LogP contribution in [-0.4, -0.2) is 60.8 Å². The molecule has 0 saturated carbocycles. The largest absolute Gasteiger partial charge is 0.378 e. The van der Waals surface area contributed by atoms with Crippen LogP contribution in [0.15, 0.2) is 4.99 Å². The summed E-state index contributed by atoms with van der Waals surface area (Å²) in [7, 11) is 1.87. The zero-order valence-electron chi connectivity index (χ0n) is 14.6. The normalized spacial score (nSPS) is 20.7. The van der Waals surface area contributed by atoms with Gasteiger partial charge in [0.2, 0.25) is 0 Å². The Morgan fingerprint density at radius 3 is 2.67 bits per heavy atom. The Balaban J connectivity index is 2.44. The first-order valence-corrected chi connectivity index (χ1v) is 9.09. The van der Waals surface area contributed by atoms with Gasteiger partial charge in [-0.15, -0.1) is 0 Å². The maximum atomic E-state index is 5.80.